The Balaban J connectivity index is 1.01. The minimum Gasteiger partial charge on any atom is -0.247 e. The summed E-state index contributed by atoms with van der Waals surface area (Å²) in [7, 11) is 0. The van der Waals surface area contributed by atoms with Crippen molar-refractivity contribution in [1.82, 2.24) is 15.0 Å². The van der Waals surface area contributed by atoms with Crippen molar-refractivity contribution in [2.24, 2.45) is 0 Å². The van der Waals surface area contributed by atoms with E-state index >= 15 is 0 Å². The maximum absolute atomic E-state index is 5.47. The summed E-state index contributed by atoms with van der Waals surface area (Å²) in [5, 5.41) is 3.48. The van der Waals surface area contributed by atoms with Crippen molar-refractivity contribution in [1.29, 1.82) is 0 Å². The van der Waals surface area contributed by atoms with Crippen molar-refractivity contribution in [3.8, 4) is 67.4 Å². The van der Waals surface area contributed by atoms with Crippen LogP contribution >= 0.6 is 11.8 Å². The normalized spacial score (nSPS) is 13.1. The Hall–Kier alpha value is -7.92. The van der Waals surface area contributed by atoms with Crippen LogP contribution < -0.4 is 0 Å². The van der Waals surface area contributed by atoms with E-state index in [9.17, 15) is 0 Å². The van der Waals surface area contributed by atoms with E-state index in [1.165, 1.54) is 48.6 Å². The smallest absolute Gasteiger partial charge is 0.160 e. The maximum atomic E-state index is 5.47. The second-order valence-electron chi connectivity index (χ2n) is 16.7. The van der Waals surface area contributed by atoms with Crippen LogP contribution in [0.2, 0.25) is 0 Å². The predicted octanol–water partition coefficient (Wildman–Crippen LogP) is 15.3. The van der Waals surface area contributed by atoms with Gasteiger partial charge in [0.1, 0.15) is 0 Å². The maximum Gasteiger partial charge on any atom is 0.160 e. The Morgan fingerprint density at radius 1 is 0.312 bits per heavy atom. The number of hydrogen-bond acceptors (Lipinski definition) is 4. The molecule has 298 valence electrons. The number of nitrogens with zero attached hydrogens (tertiary/aromatic N) is 3. The van der Waals surface area contributed by atoms with Gasteiger partial charge in [0.2, 0.25) is 0 Å². The van der Waals surface area contributed by atoms with E-state index in [-0.39, 0.29) is 0 Å². The van der Waals surface area contributed by atoms with Crippen LogP contribution in [0.5, 0.6) is 0 Å². The second kappa shape index (κ2) is 14.6. The summed E-state index contributed by atoms with van der Waals surface area (Å²) < 4.78 is 0. The van der Waals surface area contributed by atoms with Crippen LogP contribution in [0.4, 0.5) is 0 Å². The van der Waals surface area contributed by atoms with E-state index in [1.807, 2.05) is 36.0 Å². The Labute approximate surface area is 375 Å². The zero-order valence-corrected chi connectivity index (χ0v) is 35.4. The first-order valence-corrected chi connectivity index (χ1v) is 22.6. The summed E-state index contributed by atoms with van der Waals surface area (Å²) in [4.78, 5) is 18.2. The van der Waals surface area contributed by atoms with Crippen molar-refractivity contribution in [2.75, 3.05) is 0 Å². The molecule has 11 aromatic rings. The molecule has 0 fully saturated rings. The lowest BCUT2D eigenvalue weighted by Crippen LogP contribution is -2.31. The highest BCUT2D eigenvalue weighted by atomic mass is 32.2. The molecule has 0 atom stereocenters. The summed E-state index contributed by atoms with van der Waals surface area (Å²) in [6.45, 7) is 0. The van der Waals surface area contributed by atoms with E-state index in [2.05, 4.69) is 200 Å². The van der Waals surface area contributed by atoms with Gasteiger partial charge in [0.15, 0.2) is 5.82 Å². The molecule has 64 heavy (non-hydrogen) atoms. The van der Waals surface area contributed by atoms with E-state index in [0.29, 0.717) is 5.82 Å². The quantitative estimate of drug-likeness (QED) is 0.162. The molecule has 13 rings (SSSR count). The molecule has 2 aliphatic rings. The van der Waals surface area contributed by atoms with Crippen LogP contribution in [0.15, 0.2) is 234 Å². The fraction of sp³-hybridized carbons (Fsp3) is 0.0167. The van der Waals surface area contributed by atoms with E-state index < -0.39 is 5.41 Å². The Morgan fingerprint density at radius 2 is 0.844 bits per heavy atom. The van der Waals surface area contributed by atoms with Crippen molar-refractivity contribution in [3.05, 3.63) is 247 Å². The van der Waals surface area contributed by atoms with Crippen LogP contribution in [0.25, 0.3) is 89.1 Å². The van der Waals surface area contributed by atoms with Gasteiger partial charge in [-0.1, -0.05) is 194 Å². The summed E-state index contributed by atoms with van der Waals surface area (Å²) in [5.41, 5.74) is 17.6. The minimum atomic E-state index is -0.476. The summed E-state index contributed by atoms with van der Waals surface area (Å²) in [5.74, 6) is 0.708. The fourth-order valence-corrected chi connectivity index (χ4v) is 11.4. The standard InChI is InChI=1S/C60H37N3S/c1-4-16-39(17-5-1)54-37-55(63-59(62-54)42-20-8-3-9-21-42)40-30-28-38(29-31-40)43-32-33-53-47(34-43)45-36-52-46(35-48(45)58(61-53)41-18-6-2-7-19-41)44-22-10-11-23-49(44)60(52)50-24-12-14-26-56(50)64-57-27-15-13-25-51(57)60/h1-37H. The molecule has 0 amide bonds. The lowest BCUT2D eigenvalue weighted by Gasteiger charge is -2.39. The van der Waals surface area contributed by atoms with Crippen molar-refractivity contribution in [2.45, 2.75) is 15.2 Å². The van der Waals surface area contributed by atoms with Gasteiger partial charge in [-0.15, -0.1) is 0 Å². The molecule has 0 saturated heterocycles. The largest absolute Gasteiger partial charge is 0.247 e. The number of fused-ring (bicyclic) bond motifs is 12. The number of aromatic nitrogens is 3. The zero-order chi connectivity index (χ0) is 42.2. The number of benzene rings is 9. The van der Waals surface area contributed by atoms with E-state index in [0.717, 1.165) is 66.8 Å². The number of rotatable bonds is 5. The van der Waals surface area contributed by atoms with Crippen LogP contribution in [0, 0.1) is 0 Å². The molecule has 9 aromatic carbocycles. The molecule has 0 saturated carbocycles. The molecule has 1 aliphatic heterocycles. The van der Waals surface area contributed by atoms with Gasteiger partial charge in [-0.05, 0) is 92.4 Å². The lowest BCUT2D eigenvalue weighted by molar-refractivity contribution is 0.723. The van der Waals surface area contributed by atoms with Crippen LogP contribution in [-0.2, 0) is 5.41 Å². The first-order chi connectivity index (χ1) is 31.7. The van der Waals surface area contributed by atoms with Gasteiger partial charge in [0, 0.05) is 42.8 Å². The van der Waals surface area contributed by atoms with Gasteiger partial charge in [-0.3, -0.25) is 0 Å². The molecular formula is C60H37N3S. The first-order valence-electron chi connectivity index (χ1n) is 21.8. The number of pyridine rings is 1. The van der Waals surface area contributed by atoms with Crippen molar-refractivity contribution in [3.63, 3.8) is 0 Å². The average molecular weight is 832 g/mol. The highest BCUT2D eigenvalue weighted by Gasteiger charge is 2.50. The summed E-state index contributed by atoms with van der Waals surface area (Å²) in [6.07, 6.45) is 0. The Morgan fingerprint density at radius 3 is 1.52 bits per heavy atom. The molecule has 0 unspecified atom stereocenters. The van der Waals surface area contributed by atoms with Gasteiger partial charge in [0.25, 0.3) is 0 Å². The molecule has 0 radical (unpaired) electrons. The van der Waals surface area contributed by atoms with E-state index in [4.69, 9.17) is 15.0 Å². The Bertz CT molecular complexity index is 3520. The fourth-order valence-electron chi connectivity index (χ4n) is 10.2. The summed E-state index contributed by atoms with van der Waals surface area (Å²) >= 11 is 1.88. The molecular weight excluding hydrogens is 795 g/mol. The van der Waals surface area contributed by atoms with Gasteiger partial charge >= 0.3 is 0 Å². The predicted molar refractivity (Wildman–Crippen MR) is 263 cm³/mol. The second-order valence-corrected chi connectivity index (χ2v) is 17.7. The molecule has 3 nitrogen and oxygen atoms in total. The molecule has 1 spiro atoms. The van der Waals surface area contributed by atoms with Gasteiger partial charge in [-0.2, -0.15) is 0 Å². The van der Waals surface area contributed by atoms with Gasteiger partial charge in [0.05, 0.1) is 28.0 Å². The SMILES string of the molecule is c1ccc(-c2cc(-c3ccc(-c4ccc5nc(-c6ccccc6)c6cc7c(cc6c5c4)C4(c5ccccc5Sc5ccccc54)c4ccccc4-7)cc3)nc(-c3ccccc3)n2)cc1. The summed E-state index contributed by atoms with van der Waals surface area (Å²) in [6, 6.07) is 80.9. The molecule has 2 aromatic heterocycles. The third kappa shape index (κ3) is 5.66. The van der Waals surface area contributed by atoms with Crippen molar-refractivity contribution >= 4 is 33.4 Å². The highest BCUT2D eigenvalue weighted by Crippen LogP contribution is 2.63. The number of hydrogen-bond donors (Lipinski definition) is 0. The van der Waals surface area contributed by atoms with Crippen molar-refractivity contribution < 1.29 is 0 Å². The average Bonchev–Trinajstić information content (AvgIpc) is 3.65. The molecule has 3 heterocycles. The highest BCUT2D eigenvalue weighted by molar-refractivity contribution is 7.99. The van der Waals surface area contributed by atoms with Crippen LogP contribution in [-0.4, -0.2) is 15.0 Å². The molecule has 0 bridgehead atoms. The third-order valence-electron chi connectivity index (χ3n) is 13.1. The third-order valence-corrected chi connectivity index (χ3v) is 14.3. The van der Waals surface area contributed by atoms with Gasteiger partial charge in [-0.25, -0.2) is 15.0 Å². The lowest BCUT2D eigenvalue weighted by atomic mass is 9.67. The Kier molecular flexibility index (Phi) is 8.37. The topological polar surface area (TPSA) is 38.7 Å². The van der Waals surface area contributed by atoms with Crippen LogP contribution in [0.3, 0.4) is 0 Å². The molecule has 0 N–H and O–H groups in total. The van der Waals surface area contributed by atoms with E-state index in [1.54, 1.807) is 0 Å². The molecule has 4 heteroatoms. The monoisotopic (exact) mass is 831 g/mol. The van der Waals surface area contributed by atoms with Crippen LogP contribution in [0.1, 0.15) is 22.3 Å². The molecule has 1 aliphatic carbocycles. The minimum absolute atomic E-state index is 0.476. The first kappa shape index (κ1) is 36.7. The zero-order valence-electron chi connectivity index (χ0n) is 34.6. The van der Waals surface area contributed by atoms with Gasteiger partial charge < -0.3 is 0 Å².